The van der Waals surface area contributed by atoms with E-state index in [1.54, 1.807) is 42.7 Å². The minimum absolute atomic E-state index is 0. The fourth-order valence-electron chi connectivity index (χ4n) is 17.1. The maximum atomic E-state index is 5.94. The molecule has 0 N–H and O–H groups in total. The molecule has 16 rings (SSSR count). The summed E-state index contributed by atoms with van der Waals surface area (Å²) < 4.78 is 68.7. The number of nitrogens with zero attached hydrogens (tertiary/aromatic N) is 3. The maximum absolute atomic E-state index is 5.94. The Morgan fingerprint density at radius 3 is 1.40 bits per heavy atom. The predicted molar refractivity (Wildman–Crippen MR) is 358 cm³/mol. The third kappa shape index (κ3) is 10.4. The summed E-state index contributed by atoms with van der Waals surface area (Å²) in [5.74, 6) is 9.90. The minimum Gasteiger partial charge on any atom is -1.00 e. The molecule has 3 radical (unpaired) electrons. The van der Waals surface area contributed by atoms with Crippen molar-refractivity contribution in [1.29, 1.82) is 0 Å². The molecule has 1 aliphatic carbocycles. The van der Waals surface area contributed by atoms with Crippen molar-refractivity contribution in [2.75, 3.05) is 82.7 Å². The van der Waals surface area contributed by atoms with Crippen LogP contribution in [0.2, 0.25) is 0 Å². The molecule has 6 aromatic carbocycles. The van der Waals surface area contributed by atoms with Gasteiger partial charge in [0, 0.05) is 68.1 Å². The zero-order valence-corrected chi connectivity index (χ0v) is 56.8. The monoisotopic (exact) mass is 1260 g/mol. The van der Waals surface area contributed by atoms with Crippen molar-refractivity contribution in [2.24, 2.45) is 0 Å². The van der Waals surface area contributed by atoms with Gasteiger partial charge in [0.2, 0.25) is 20.4 Å². The number of hydrogen-bond donors (Lipinski definition) is 0. The smallest absolute Gasteiger partial charge is 1.00 e. The average Bonchev–Trinajstić information content (AvgIpc) is 1.03. The molecule has 17 heteroatoms. The van der Waals surface area contributed by atoms with E-state index in [-0.39, 0.29) is 68.8 Å². The first-order chi connectivity index (χ1) is 44.6. The second-order valence-corrected chi connectivity index (χ2v) is 24.8. The second-order valence-electron chi connectivity index (χ2n) is 24.8. The Morgan fingerprint density at radius 1 is 0.473 bits per heavy atom. The van der Waals surface area contributed by atoms with Gasteiger partial charge in [-0.25, -0.2) is 0 Å². The van der Waals surface area contributed by atoms with Crippen molar-refractivity contribution in [3.63, 3.8) is 0 Å². The molecule has 0 amide bonds. The van der Waals surface area contributed by atoms with E-state index in [1.165, 1.54) is 61.3 Å². The summed E-state index contributed by atoms with van der Waals surface area (Å²) in [7, 11) is 10.3. The van der Waals surface area contributed by atoms with Crippen molar-refractivity contribution >= 4 is 20.2 Å². The van der Waals surface area contributed by atoms with E-state index >= 15 is 0 Å². The van der Waals surface area contributed by atoms with Gasteiger partial charge in [0.25, 0.3) is 0 Å². The summed E-state index contributed by atoms with van der Waals surface area (Å²) in [6, 6.07) is 26.2. The molecule has 93 heavy (non-hydrogen) atoms. The first kappa shape index (κ1) is 65.2. The van der Waals surface area contributed by atoms with Gasteiger partial charge >= 0.3 is 29.6 Å². The average molecular weight is 1260 g/mol. The Morgan fingerprint density at radius 2 is 0.892 bits per heavy atom. The maximum Gasteiger partial charge on any atom is 1.00 e. The van der Waals surface area contributed by atoms with Crippen LogP contribution in [0.15, 0.2) is 136 Å². The van der Waals surface area contributed by atoms with Crippen LogP contribution in [0.1, 0.15) is 119 Å². The zero-order chi connectivity index (χ0) is 62.8. The number of ether oxygens (including phenoxy) is 12. The Balaban J connectivity index is 0.000000142. The van der Waals surface area contributed by atoms with Gasteiger partial charge in [0.1, 0.15) is 0 Å². The van der Waals surface area contributed by atoms with Gasteiger partial charge < -0.3 is 63.2 Å². The van der Waals surface area contributed by atoms with Crippen LogP contribution in [0.5, 0.6) is 69.0 Å². The SMILES string of the molecule is C=CCC1(CC=C)c2c(ccc(OC)c2OC)C=C2c3cc4c(cc3CCN21)OCO4.C=CCC1(CC=C)c2c(ccc(OC)c2OC)CC2c3cc4c(cc3CCN21)OCO4.COc1ccc2c(c1OC)C1(CC=CC1)N1CCc3cc4c(cc3C1C2)OCO4.[B].[H-].[Na+]. The molecule has 9 heterocycles. The van der Waals surface area contributed by atoms with Crippen LogP contribution < -0.4 is 86.4 Å². The molecule has 0 bridgehead atoms. The predicted octanol–water partition coefficient (Wildman–Crippen LogP) is 11.0. The molecule has 0 fully saturated rings. The Hall–Kier alpha value is -7.86. The molecule has 2 atom stereocenters. The van der Waals surface area contributed by atoms with E-state index in [0.717, 1.165) is 170 Å². The van der Waals surface area contributed by atoms with Crippen LogP contribution in [-0.4, -0.2) is 106 Å². The van der Waals surface area contributed by atoms with Crippen molar-refractivity contribution in [3.8, 4) is 69.0 Å². The van der Waals surface area contributed by atoms with Crippen molar-refractivity contribution < 1.29 is 87.8 Å². The van der Waals surface area contributed by atoms with E-state index in [1.807, 2.05) is 42.5 Å². The molecule has 9 aliphatic heterocycles. The minimum atomic E-state index is -0.364. The van der Waals surface area contributed by atoms with Crippen LogP contribution in [-0.2, 0) is 48.7 Å². The largest absolute Gasteiger partial charge is 1.00 e. The molecule has 2 unspecified atom stereocenters. The molecular formula is C76H82BN3NaO12. The van der Waals surface area contributed by atoms with Crippen molar-refractivity contribution in [2.45, 2.75) is 99.3 Å². The third-order valence-corrected chi connectivity index (χ3v) is 20.7. The first-order valence-corrected chi connectivity index (χ1v) is 31.7. The normalized spacial score (nSPS) is 19.6. The van der Waals surface area contributed by atoms with Gasteiger partial charge in [0.05, 0.1) is 59.3 Å². The number of hydrogen-bond acceptors (Lipinski definition) is 15. The van der Waals surface area contributed by atoms with Gasteiger partial charge in [-0.1, -0.05) is 54.7 Å². The summed E-state index contributed by atoms with van der Waals surface area (Å²) in [5.41, 5.74) is 15.8. The number of methoxy groups -OCH3 is 6. The summed E-state index contributed by atoms with van der Waals surface area (Å²) in [5, 5.41) is 0. The van der Waals surface area contributed by atoms with E-state index < -0.39 is 0 Å². The van der Waals surface area contributed by atoms with E-state index in [4.69, 9.17) is 56.8 Å². The number of fused-ring (bicyclic) bond motifs is 17. The molecule has 0 aromatic heterocycles. The van der Waals surface area contributed by atoms with Crippen LogP contribution in [0, 0.1) is 0 Å². The Labute approximate surface area is 572 Å². The Bertz CT molecular complexity index is 3970. The summed E-state index contributed by atoms with van der Waals surface area (Å²) in [6.07, 6.45) is 24.8. The van der Waals surface area contributed by atoms with Crippen LogP contribution in [0.4, 0.5) is 0 Å². The molecule has 0 saturated heterocycles. The van der Waals surface area contributed by atoms with Gasteiger partial charge in [-0.15, -0.1) is 26.3 Å². The van der Waals surface area contributed by atoms with Gasteiger partial charge in [-0.2, -0.15) is 0 Å². The standard InChI is InChI=1S/C26H29NO4.C26H27NO4.C24H25NO4.B.Na.H/c2*1-5-10-26(11-6-2)24-18(7-8-21(28-3)25(24)29-4)13-20-19-15-23-22(30-16-31-23)14-17(19)9-12-27(20)26;1-26-19-6-5-16-11-18-17-13-21-20(28-14-29-21)12-15(17)7-10-25(18)24(8-3-4-9-24)22(16)23(19)27-2;;;/h5-8,14-15,20H,1-2,9-13,16H2,3-4H3;5-8,13-15H,1-2,9-12,16H2,3-4H3;3-6,12-13,18H,7-11,14H2,1-2H3;;;/q;;;;+1;-1. The topological polar surface area (TPSA) is 120 Å². The fourth-order valence-corrected chi connectivity index (χ4v) is 17.1. The van der Waals surface area contributed by atoms with Crippen LogP contribution in [0.3, 0.4) is 0 Å². The second kappa shape index (κ2) is 26.5. The van der Waals surface area contributed by atoms with Crippen molar-refractivity contribution in [1.82, 2.24) is 14.7 Å². The summed E-state index contributed by atoms with van der Waals surface area (Å²) >= 11 is 0. The zero-order valence-electron chi connectivity index (χ0n) is 55.8. The quantitative estimate of drug-likeness (QED) is 0.0759. The molecule has 1 spiro atoms. The molecule has 10 aliphatic rings. The van der Waals surface area contributed by atoms with Gasteiger partial charge in [0.15, 0.2) is 69.0 Å². The number of rotatable bonds is 14. The van der Waals surface area contributed by atoms with Crippen LogP contribution in [0.25, 0.3) is 11.8 Å². The first-order valence-electron chi connectivity index (χ1n) is 31.7. The van der Waals surface area contributed by atoms with Gasteiger partial charge in [-0.3, -0.25) is 9.80 Å². The molecular weight excluding hydrogens is 1180 g/mol. The molecule has 6 aromatic rings. The van der Waals surface area contributed by atoms with Crippen LogP contribution >= 0.6 is 0 Å². The molecule has 477 valence electrons. The van der Waals surface area contributed by atoms with Crippen molar-refractivity contribution in [3.05, 3.63) is 202 Å². The number of benzene rings is 6. The fraction of sp³-hybridized carbons (Fsp3) is 0.368. The molecule has 15 nitrogen and oxygen atoms in total. The Kier molecular flexibility index (Phi) is 18.6. The van der Waals surface area contributed by atoms with E-state index in [9.17, 15) is 0 Å². The molecule has 0 saturated carbocycles. The third-order valence-electron chi connectivity index (χ3n) is 20.7. The van der Waals surface area contributed by atoms with E-state index in [2.05, 4.69) is 114 Å². The van der Waals surface area contributed by atoms with Gasteiger partial charge in [-0.05, 0) is 176 Å². The summed E-state index contributed by atoms with van der Waals surface area (Å²) in [6.45, 7) is 20.1. The summed E-state index contributed by atoms with van der Waals surface area (Å²) in [4.78, 5) is 7.83. The van der Waals surface area contributed by atoms with E-state index in [0.29, 0.717) is 19.6 Å².